The normalized spacial score (nSPS) is 15.1. The maximum absolute atomic E-state index is 13.1. The molecule has 202 valence electrons. The molecule has 3 rings (SSSR count). The summed E-state index contributed by atoms with van der Waals surface area (Å²) in [6.45, 7) is 4.16. The topological polar surface area (TPSA) is 166 Å². The maximum Gasteiger partial charge on any atom is 0.316 e. The average molecular weight is 523 g/mol. The van der Waals surface area contributed by atoms with Crippen LogP contribution in [-0.2, 0) is 27.5 Å². The molecule has 0 spiro atoms. The van der Waals surface area contributed by atoms with Crippen LogP contribution < -0.4 is 32.5 Å². The van der Waals surface area contributed by atoms with E-state index in [9.17, 15) is 19.2 Å². The molecule has 4 amide bonds. The van der Waals surface area contributed by atoms with Gasteiger partial charge >= 0.3 is 6.03 Å². The summed E-state index contributed by atoms with van der Waals surface area (Å²) in [6, 6.07) is 14.1. The molecule has 1 aliphatic rings. The van der Waals surface area contributed by atoms with Crippen molar-refractivity contribution in [1.82, 2.24) is 25.8 Å². The minimum Gasteiger partial charge on any atom is -0.397 e. The van der Waals surface area contributed by atoms with Crippen molar-refractivity contribution < 1.29 is 19.2 Å². The van der Waals surface area contributed by atoms with Gasteiger partial charge in [0, 0.05) is 19.6 Å². The number of amides is 4. The third-order valence-corrected chi connectivity index (χ3v) is 5.98. The fourth-order valence-electron chi connectivity index (χ4n) is 4.13. The van der Waals surface area contributed by atoms with E-state index in [2.05, 4.69) is 22.5 Å². The SMILES string of the molecule is C=CCNCC(=O)N1CC(=O)N(Cc2cccc(N)c2N(N)CC=O)C[C@@H]1NC(=O)NCc1ccccc1. The van der Waals surface area contributed by atoms with Gasteiger partial charge < -0.3 is 41.3 Å². The highest BCUT2D eigenvalue weighted by Crippen LogP contribution is 2.28. The molecule has 12 nitrogen and oxygen atoms in total. The number of benzene rings is 2. The number of anilines is 2. The van der Waals surface area contributed by atoms with E-state index in [1.807, 2.05) is 30.3 Å². The van der Waals surface area contributed by atoms with Crippen LogP contribution in [0.3, 0.4) is 0 Å². The predicted molar refractivity (Wildman–Crippen MR) is 144 cm³/mol. The van der Waals surface area contributed by atoms with Crippen molar-refractivity contribution >= 4 is 35.5 Å². The number of nitrogens with zero attached hydrogens (tertiary/aromatic N) is 3. The Labute approximate surface area is 221 Å². The van der Waals surface area contributed by atoms with Gasteiger partial charge in [0.15, 0.2) is 0 Å². The van der Waals surface area contributed by atoms with Crippen molar-refractivity contribution in [3.63, 3.8) is 0 Å². The lowest BCUT2D eigenvalue weighted by atomic mass is 10.1. The van der Waals surface area contributed by atoms with Crippen LogP contribution in [0.5, 0.6) is 0 Å². The van der Waals surface area contributed by atoms with Gasteiger partial charge in [0.25, 0.3) is 0 Å². The number of rotatable bonds is 12. The summed E-state index contributed by atoms with van der Waals surface area (Å²) < 4.78 is 0. The summed E-state index contributed by atoms with van der Waals surface area (Å²) in [4.78, 5) is 52.7. The van der Waals surface area contributed by atoms with Crippen molar-refractivity contribution in [3.8, 4) is 0 Å². The Kier molecular flexibility index (Phi) is 10.2. The van der Waals surface area contributed by atoms with E-state index in [0.717, 1.165) is 5.56 Å². The number of piperazine rings is 1. The molecular weight excluding hydrogens is 488 g/mol. The van der Waals surface area contributed by atoms with Crippen LogP contribution in [0.15, 0.2) is 61.2 Å². The molecule has 1 aliphatic heterocycles. The number of nitrogens with one attached hydrogen (secondary N) is 3. The Morgan fingerprint density at radius 2 is 1.92 bits per heavy atom. The van der Waals surface area contributed by atoms with Gasteiger partial charge in [-0.05, 0) is 17.2 Å². The first-order chi connectivity index (χ1) is 18.3. The van der Waals surface area contributed by atoms with Gasteiger partial charge in [-0.3, -0.25) is 9.59 Å². The second kappa shape index (κ2) is 13.8. The lowest BCUT2D eigenvalue weighted by Gasteiger charge is -2.41. The molecule has 1 fully saturated rings. The largest absolute Gasteiger partial charge is 0.397 e. The zero-order chi connectivity index (χ0) is 27.5. The highest BCUT2D eigenvalue weighted by molar-refractivity contribution is 5.88. The first kappa shape index (κ1) is 28.2. The lowest BCUT2D eigenvalue weighted by molar-refractivity contribution is -0.149. The van der Waals surface area contributed by atoms with E-state index >= 15 is 0 Å². The summed E-state index contributed by atoms with van der Waals surface area (Å²) >= 11 is 0. The van der Waals surface area contributed by atoms with Crippen molar-refractivity contribution in [3.05, 3.63) is 72.3 Å². The zero-order valence-electron chi connectivity index (χ0n) is 21.1. The Hall–Kier alpha value is -4.42. The number of carbonyl (C=O) groups is 4. The molecule has 1 saturated heterocycles. The first-order valence-corrected chi connectivity index (χ1v) is 12.1. The summed E-state index contributed by atoms with van der Waals surface area (Å²) in [5, 5.41) is 9.76. The van der Waals surface area contributed by atoms with Crippen molar-refractivity contribution in [2.75, 3.05) is 43.5 Å². The molecule has 0 aliphatic carbocycles. The van der Waals surface area contributed by atoms with Crippen LogP contribution in [0.25, 0.3) is 0 Å². The molecule has 0 unspecified atom stereocenters. The van der Waals surface area contributed by atoms with E-state index in [4.69, 9.17) is 11.6 Å². The Morgan fingerprint density at radius 3 is 2.63 bits per heavy atom. The van der Waals surface area contributed by atoms with Crippen LogP contribution in [-0.4, -0.2) is 72.8 Å². The second-order valence-electron chi connectivity index (χ2n) is 8.72. The lowest BCUT2D eigenvalue weighted by Crippen LogP contribution is -2.65. The van der Waals surface area contributed by atoms with E-state index < -0.39 is 12.2 Å². The first-order valence-electron chi connectivity index (χ1n) is 12.1. The van der Waals surface area contributed by atoms with Crippen LogP contribution in [0, 0.1) is 0 Å². The minimum absolute atomic E-state index is 0.0175. The van der Waals surface area contributed by atoms with Gasteiger partial charge in [0.05, 0.1) is 31.0 Å². The quantitative estimate of drug-likeness (QED) is 0.0645. The van der Waals surface area contributed by atoms with E-state index in [0.29, 0.717) is 36.3 Å². The third-order valence-electron chi connectivity index (χ3n) is 5.98. The molecule has 0 radical (unpaired) electrons. The molecule has 1 heterocycles. The van der Waals surface area contributed by atoms with Crippen LogP contribution in [0.1, 0.15) is 11.1 Å². The molecule has 12 heteroatoms. The standard InChI is InChI=1S/C26H34N8O4/c1-2-11-29-15-23(36)33-18-24(37)32(16-20-9-6-10-21(27)25(20)34(28)12-13-35)17-22(33)31-26(38)30-14-19-7-4-3-5-8-19/h2-10,13,22,29H,1,11-12,14-18,27-28H2,(H2,30,31,38)/t22-/m1/s1. The van der Waals surface area contributed by atoms with E-state index in [1.54, 1.807) is 24.3 Å². The number of carbonyl (C=O) groups excluding carboxylic acids is 4. The maximum atomic E-state index is 13.1. The molecule has 2 aromatic carbocycles. The predicted octanol–water partition coefficient (Wildman–Crippen LogP) is -0.0803. The third kappa shape index (κ3) is 7.54. The minimum atomic E-state index is -0.782. The fraction of sp³-hybridized carbons (Fsp3) is 0.308. The molecular formula is C26H34N8O4. The molecule has 0 bridgehead atoms. The van der Waals surface area contributed by atoms with Crippen molar-refractivity contribution in [2.45, 2.75) is 19.3 Å². The number of nitrogens with two attached hydrogens (primary N) is 2. The Morgan fingerprint density at radius 1 is 1.16 bits per heavy atom. The van der Waals surface area contributed by atoms with Gasteiger partial charge in [-0.2, -0.15) is 0 Å². The molecule has 1 atom stereocenters. The smallest absolute Gasteiger partial charge is 0.316 e. The highest BCUT2D eigenvalue weighted by Gasteiger charge is 2.36. The van der Waals surface area contributed by atoms with Gasteiger partial charge in [-0.25, -0.2) is 10.6 Å². The van der Waals surface area contributed by atoms with Gasteiger partial charge in [-0.15, -0.1) is 6.58 Å². The number of para-hydroxylation sites is 1. The van der Waals surface area contributed by atoms with Gasteiger partial charge in [0.2, 0.25) is 11.8 Å². The average Bonchev–Trinajstić information content (AvgIpc) is 2.90. The monoisotopic (exact) mass is 522 g/mol. The number of nitrogen functional groups attached to an aromatic ring is 1. The number of hydrogen-bond acceptors (Lipinski definition) is 8. The summed E-state index contributed by atoms with van der Waals surface area (Å²) in [5.41, 5.74) is 8.45. The molecule has 2 aromatic rings. The number of hydrazine groups is 1. The Balaban J connectivity index is 1.77. The van der Waals surface area contributed by atoms with Crippen LogP contribution in [0.2, 0.25) is 0 Å². The zero-order valence-corrected chi connectivity index (χ0v) is 21.1. The Bertz CT molecular complexity index is 1140. The van der Waals surface area contributed by atoms with Crippen LogP contribution >= 0.6 is 0 Å². The second-order valence-corrected chi connectivity index (χ2v) is 8.72. The molecule has 0 saturated carbocycles. The molecule has 38 heavy (non-hydrogen) atoms. The van der Waals surface area contributed by atoms with E-state index in [-0.39, 0.29) is 44.5 Å². The number of hydrogen-bond donors (Lipinski definition) is 5. The summed E-state index contributed by atoms with van der Waals surface area (Å²) in [7, 11) is 0. The number of urea groups is 1. The summed E-state index contributed by atoms with van der Waals surface area (Å²) in [5.74, 6) is 5.38. The fourth-order valence-corrected chi connectivity index (χ4v) is 4.13. The number of aldehydes is 1. The summed E-state index contributed by atoms with van der Waals surface area (Å²) in [6.07, 6.45) is 1.49. The van der Waals surface area contributed by atoms with E-state index in [1.165, 1.54) is 14.8 Å². The van der Waals surface area contributed by atoms with Gasteiger partial charge in [0.1, 0.15) is 19.0 Å². The molecule has 7 N–H and O–H groups in total. The van der Waals surface area contributed by atoms with Crippen molar-refractivity contribution in [2.24, 2.45) is 5.84 Å². The highest BCUT2D eigenvalue weighted by atomic mass is 16.2. The van der Waals surface area contributed by atoms with Crippen molar-refractivity contribution in [1.29, 1.82) is 0 Å². The van der Waals surface area contributed by atoms with Gasteiger partial charge in [-0.1, -0.05) is 48.5 Å². The molecule has 0 aromatic heterocycles. The van der Waals surface area contributed by atoms with Crippen LogP contribution in [0.4, 0.5) is 16.2 Å².